The van der Waals surface area contributed by atoms with Gasteiger partial charge in [0.1, 0.15) is 24.0 Å². The number of nitriles is 1. The molecular formula is C26H20F2N2O4S. The molecule has 0 radical (unpaired) electrons. The number of thioether (sulfide) groups is 1. The van der Waals surface area contributed by atoms with Gasteiger partial charge in [0, 0.05) is 16.1 Å². The van der Waals surface area contributed by atoms with E-state index in [1.165, 1.54) is 37.5 Å². The molecule has 0 bridgehead atoms. The summed E-state index contributed by atoms with van der Waals surface area (Å²) in [7, 11) is 1.31. The van der Waals surface area contributed by atoms with E-state index >= 15 is 0 Å². The van der Waals surface area contributed by atoms with E-state index in [9.17, 15) is 23.6 Å². The SMILES string of the molecule is COC(=O)c1ccc(COc2ccccc2C=C(C#N)C(=O)Nc2ccc(SC(F)F)cc2)cc1. The number of ether oxygens (including phenoxy) is 2. The molecule has 0 aromatic heterocycles. The fourth-order valence-electron chi connectivity index (χ4n) is 2.97. The van der Waals surface area contributed by atoms with E-state index in [0.29, 0.717) is 39.2 Å². The number of carbonyl (C=O) groups excluding carboxylic acids is 2. The molecule has 0 atom stereocenters. The van der Waals surface area contributed by atoms with Crippen LogP contribution in [0.1, 0.15) is 21.5 Å². The fourth-order valence-corrected chi connectivity index (χ4v) is 3.47. The molecule has 0 aliphatic heterocycles. The predicted molar refractivity (Wildman–Crippen MR) is 129 cm³/mol. The van der Waals surface area contributed by atoms with Gasteiger partial charge in [-0.3, -0.25) is 4.79 Å². The Morgan fingerprint density at radius 3 is 2.37 bits per heavy atom. The van der Waals surface area contributed by atoms with Crippen molar-refractivity contribution in [2.75, 3.05) is 12.4 Å². The second-order valence-corrected chi connectivity index (χ2v) is 8.11. The van der Waals surface area contributed by atoms with Crippen LogP contribution in [0.4, 0.5) is 14.5 Å². The molecule has 1 N–H and O–H groups in total. The van der Waals surface area contributed by atoms with Gasteiger partial charge in [-0.05, 0) is 54.1 Å². The Hall–Kier alpha value is -4.16. The number of amides is 1. The van der Waals surface area contributed by atoms with Crippen LogP contribution in [0.25, 0.3) is 6.08 Å². The predicted octanol–water partition coefficient (Wildman–Crippen LogP) is 5.91. The number of methoxy groups -OCH3 is 1. The summed E-state index contributed by atoms with van der Waals surface area (Å²) in [6.07, 6.45) is 1.41. The smallest absolute Gasteiger partial charge is 0.337 e. The minimum absolute atomic E-state index is 0.158. The van der Waals surface area contributed by atoms with Crippen LogP contribution in [0.5, 0.6) is 5.75 Å². The molecule has 1 amide bonds. The lowest BCUT2D eigenvalue weighted by Crippen LogP contribution is -2.13. The van der Waals surface area contributed by atoms with E-state index < -0.39 is 17.6 Å². The lowest BCUT2D eigenvalue weighted by atomic mass is 10.1. The van der Waals surface area contributed by atoms with Crippen LogP contribution in [-0.4, -0.2) is 24.7 Å². The third-order valence-electron chi connectivity index (χ3n) is 4.69. The summed E-state index contributed by atoms with van der Waals surface area (Å²) in [6, 6.07) is 21.4. The lowest BCUT2D eigenvalue weighted by molar-refractivity contribution is -0.112. The molecule has 0 heterocycles. The zero-order chi connectivity index (χ0) is 25.2. The molecule has 0 fully saturated rings. The molecule has 0 spiro atoms. The normalized spacial score (nSPS) is 11.0. The van der Waals surface area contributed by atoms with Crippen molar-refractivity contribution in [1.82, 2.24) is 0 Å². The molecule has 35 heavy (non-hydrogen) atoms. The van der Waals surface area contributed by atoms with Gasteiger partial charge in [-0.1, -0.05) is 42.1 Å². The quantitative estimate of drug-likeness (QED) is 0.172. The van der Waals surface area contributed by atoms with Gasteiger partial charge in [-0.2, -0.15) is 14.0 Å². The summed E-state index contributed by atoms with van der Waals surface area (Å²) < 4.78 is 35.5. The fraction of sp³-hybridized carbons (Fsp3) is 0.115. The van der Waals surface area contributed by atoms with Crippen LogP contribution >= 0.6 is 11.8 Å². The zero-order valence-corrected chi connectivity index (χ0v) is 19.4. The molecule has 3 rings (SSSR count). The highest BCUT2D eigenvalue weighted by Gasteiger charge is 2.12. The zero-order valence-electron chi connectivity index (χ0n) is 18.5. The number of alkyl halides is 2. The number of carbonyl (C=O) groups is 2. The summed E-state index contributed by atoms with van der Waals surface area (Å²) >= 11 is 0.402. The molecule has 0 saturated heterocycles. The first-order valence-electron chi connectivity index (χ1n) is 10.3. The first-order chi connectivity index (χ1) is 16.9. The molecule has 0 aliphatic rings. The highest BCUT2D eigenvalue weighted by atomic mass is 32.2. The second-order valence-electron chi connectivity index (χ2n) is 7.04. The largest absolute Gasteiger partial charge is 0.488 e. The maximum absolute atomic E-state index is 12.6. The van der Waals surface area contributed by atoms with Crippen LogP contribution < -0.4 is 10.1 Å². The number of nitrogens with zero attached hydrogens (tertiary/aromatic N) is 1. The number of esters is 1. The summed E-state index contributed by atoms with van der Waals surface area (Å²) in [6.45, 7) is 0.198. The van der Waals surface area contributed by atoms with Gasteiger partial charge in [0.05, 0.1) is 12.7 Å². The van der Waals surface area contributed by atoms with Crippen LogP contribution in [0.2, 0.25) is 0 Å². The van der Waals surface area contributed by atoms with Gasteiger partial charge in [0.25, 0.3) is 11.7 Å². The van der Waals surface area contributed by atoms with Crippen molar-refractivity contribution in [1.29, 1.82) is 5.26 Å². The number of hydrogen-bond acceptors (Lipinski definition) is 6. The van der Waals surface area contributed by atoms with Gasteiger partial charge in [-0.25, -0.2) is 4.79 Å². The van der Waals surface area contributed by atoms with Gasteiger partial charge in [0.15, 0.2) is 0 Å². The Balaban J connectivity index is 1.70. The Bertz CT molecular complexity index is 1250. The van der Waals surface area contributed by atoms with Crippen molar-refractivity contribution >= 4 is 35.4 Å². The first-order valence-corrected chi connectivity index (χ1v) is 11.1. The van der Waals surface area contributed by atoms with Gasteiger partial charge >= 0.3 is 5.97 Å². The molecule has 9 heteroatoms. The number of benzene rings is 3. The Morgan fingerprint density at radius 1 is 1.06 bits per heavy atom. The average molecular weight is 495 g/mol. The molecular weight excluding hydrogens is 474 g/mol. The van der Waals surface area contributed by atoms with Crippen LogP contribution in [-0.2, 0) is 16.1 Å². The lowest BCUT2D eigenvalue weighted by Gasteiger charge is -2.10. The van der Waals surface area contributed by atoms with E-state index in [1.54, 1.807) is 48.5 Å². The topological polar surface area (TPSA) is 88.4 Å². The maximum Gasteiger partial charge on any atom is 0.337 e. The first kappa shape index (κ1) is 25.5. The van der Waals surface area contributed by atoms with E-state index in [0.717, 1.165) is 5.56 Å². The van der Waals surface area contributed by atoms with E-state index in [4.69, 9.17) is 4.74 Å². The van der Waals surface area contributed by atoms with Crippen molar-refractivity contribution in [3.63, 3.8) is 0 Å². The van der Waals surface area contributed by atoms with Crippen LogP contribution in [0.3, 0.4) is 0 Å². The third kappa shape index (κ3) is 7.42. The standard InChI is InChI=1S/C26H20F2N2O4S/c1-33-25(32)18-8-6-17(7-9-18)16-34-23-5-3-2-4-19(23)14-20(15-29)24(31)30-21-10-12-22(13-11-21)35-26(27)28/h2-14,26H,16H2,1H3,(H,30,31). The number of rotatable bonds is 9. The van der Waals surface area contributed by atoms with E-state index in [1.807, 2.05) is 6.07 Å². The molecule has 0 aliphatic carbocycles. The number of anilines is 1. The Kier molecular flexibility index (Phi) is 8.98. The van der Waals surface area contributed by atoms with Gasteiger partial charge in [0.2, 0.25) is 0 Å². The summed E-state index contributed by atoms with van der Waals surface area (Å²) in [5.74, 6) is -3.16. The molecule has 0 saturated carbocycles. The number of nitrogens with one attached hydrogen (secondary N) is 1. The summed E-state index contributed by atoms with van der Waals surface area (Å²) in [5, 5.41) is 12.1. The highest BCUT2D eigenvalue weighted by Crippen LogP contribution is 2.27. The Morgan fingerprint density at radius 2 is 1.74 bits per heavy atom. The van der Waals surface area contributed by atoms with Crippen LogP contribution in [0.15, 0.2) is 83.3 Å². The minimum atomic E-state index is -2.54. The maximum atomic E-state index is 12.6. The summed E-state index contributed by atoms with van der Waals surface area (Å²) in [4.78, 5) is 24.5. The van der Waals surface area contributed by atoms with Gasteiger partial charge < -0.3 is 14.8 Å². The van der Waals surface area contributed by atoms with Crippen molar-refractivity contribution < 1.29 is 27.8 Å². The van der Waals surface area contributed by atoms with Crippen molar-refractivity contribution in [2.45, 2.75) is 17.3 Å². The van der Waals surface area contributed by atoms with E-state index in [-0.39, 0.29) is 12.2 Å². The van der Waals surface area contributed by atoms with Crippen molar-refractivity contribution in [3.05, 3.63) is 95.1 Å². The molecule has 178 valence electrons. The summed E-state index contributed by atoms with van der Waals surface area (Å²) in [5.41, 5.74) is 1.97. The van der Waals surface area contributed by atoms with Gasteiger partial charge in [-0.15, -0.1) is 0 Å². The number of hydrogen-bond donors (Lipinski definition) is 1. The molecule has 6 nitrogen and oxygen atoms in total. The van der Waals surface area contributed by atoms with Crippen molar-refractivity contribution in [2.24, 2.45) is 0 Å². The van der Waals surface area contributed by atoms with Crippen molar-refractivity contribution in [3.8, 4) is 11.8 Å². The molecule has 3 aromatic rings. The number of halogens is 2. The Labute approximate surface area is 205 Å². The average Bonchev–Trinajstić information content (AvgIpc) is 2.87. The van der Waals surface area contributed by atoms with E-state index in [2.05, 4.69) is 10.1 Å². The number of para-hydroxylation sites is 1. The molecule has 0 unspecified atom stereocenters. The van der Waals surface area contributed by atoms with Crippen LogP contribution in [0, 0.1) is 11.3 Å². The third-order valence-corrected chi connectivity index (χ3v) is 5.41. The monoisotopic (exact) mass is 494 g/mol. The highest BCUT2D eigenvalue weighted by molar-refractivity contribution is 7.99. The minimum Gasteiger partial charge on any atom is -0.488 e. The second kappa shape index (κ2) is 12.3. The molecule has 3 aromatic carbocycles.